The lowest BCUT2D eigenvalue weighted by atomic mass is 10.2. The summed E-state index contributed by atoms with van der Waals surface area (Å²) >= 11 is 0. The van der Waals surface area contributed by atoms with Gasteiger partial charge in [0.2, 0.25) is 8.32 Å². The van der Waals surface area contributed by atoms with Gasteiger partial charge in [0.25, 0.3) is 0 Å². The second-order valence-electron chi connectivity index (χ2n) is 7.65. The van der Waals surface area contributed by atoms with E-state index in [-0.39, 0.29) is 15.7 Å². The number of hydrogen-bond acceptors (Lipinski definition) is 1. The van der Waals surface area contributed by atoms with Crippen molar-refractivity contribution >= 4 is 8.32 Å². The average molecular weight is 242 g/mol. The van der Waals surface area contributed by atoms with Crippen LogP contribution in [-0.2, 0) is 4.43 Å². The monoisotopic (exact) mass is 242 g/mol. The Labute approximate surface area is 103 Å². The van der Waals surface area contributed by atoms with E-state index in [0.29, 0.717) is 0 Å². The molecule has 96 valence electrons. The molecule has 0 fully saturated rings. The molecule has 0 aliphatic carbocycles. The first-order valence-electron chi connectivity index (χ1n) is 6.11. The van der Waals surface area contributed by atoms with E-state index in [2.05, 4.69) is 74.6 Å². The highest BCUT2D eigenvalue weighted by Gasteiger charge is 2.54. The SMILES string of the molecule is C=C[Si](OC(C)(C)C)(C(C)(C)C)C(C)(C)C. The fourth-order valence-corrected chi connectivity index (χ4v) is 7.70. The zero-order chi connectivity index (χ0) is 13.4. The molecule has 0 saturated heterocycles. The van der Waals surface area contributed by atoms with Crippen molar-refractivity contribution in [3.8, 4) is 0 Å². The third-order valence-corrected chi connectivity index (χ3v) is 8.95. The van der Waals surface area contributed by atoms with Crippen LogP contribution in [-0.4, -0.2) is 13.9 Å². The van der Waals surface area contributed by atoms with Gasteiger partial charge in [-0.1, -0.05) is 47.2 Å². The van der Waals surface area contributed by atoms with Crippen molar-refractivity contribution in [3.05, 3.63) is 12.3 Å². The first-order valence-corrected chi connectivity index (χ1v) is 8.09. The van der Waals surface area contributed by atoms with E-state index in [1.807, 2.05) is 0 Å². The molecule has 0 aromatic rings. The van der Waals surface area contributed by atoms with Crippen molar-refractivity contribution in [2.24, 2.45) is 0 Å². The summed E-state index contributed by atoms with van der Waals surface area (Å²) < 4.78 is 6.52. The molecule has 0 aliphatic rings. The molecule has 0 unspecified atom stereocenters. The topological polar surface area (TPSA) is 9.23 Å². The Balaban J connectivity index is 5.60. The van der Waals surface area contributed by atoms with Gasteiger partial charge in [0.1, 0.15) is 0 Å². The standard InChI is InChI=1S/C14H30OSi/c1-11-16(13(5,6)7,14(8,9)10)15-12(2,3)4/h11H,1H2,2-10H3. The van der Waals surface area contributed by atoms with Gasteiger partial charge in [-0.2, -0.15) is 0 Å². The zero-order valence-corrected chi connectivity index (χ0v) is 13.7. The van der Waals surface area contributed by atoms with E-state index >= 15 is 0 Å². The van der Waals surface area contributed by atoms with Gasteiger partial charge in [-0.15, -0.1) is 6.58 Å². The van der Waals surface area contributed by atoms with Crippen LogP contribution in [0.5, 0.6) is 0 Å². The molecule has 1 nitrogen and oxygen atoms in total. The van der Waals surface area contributed by atoms with Gasteiger partial charge in [-0.25, -0.2) is 0 Å². The highest BCUT2D eigenvalue weighted by atomic mass is 28.4. The van der Waals surface area contributed by atoms with Crippen LogP contribution >= 0.6 is 0 Å². The van der Waals surface area contributed by atoms with Crippen molar-refractivity contribution in [2.75, 3.05) is 0 Å². The van der Waals surface area contributed by atoms with Gasteiger partial charge in [0, 0.05) is 5.60 Å². The second-order valence-corrected chi connectivity index (χ2v) is 12.7. The summed E-state index contributed by atoms with van der Waals surface area (Å²) in [6.07, 6.45) is 0. The van der Waals surface area contributed by atoms with Crippen molar-refractivity contribution in [1.29, 1.82) is 0 Å². The summed E-state index contributed by atoms with van der Waals surface area (Å²) in [6.45, 7) is 24.1. The summed E-state index contributed by atoms with van der Waals surface area (Å²) in [5.74, 6) is 0. The Kier molecular flexibility index (Phi) is 4.28. The molecule has 0 aromatic heterocycles. The normalized spacial score (nSPS) is 15.1. The zero-order valence-electron chi connectivity index (χ0n) is 12.7. The van der Waals surface area contributed by atoms with E-state index in [0.717, 1.165) is 0 Å². The number of hydrogen-bond donors (Lipinski definition) is 0. The minimum absolute atomic E-state index is 0.110. The van der Waals surface area contributed by atoms with Crippen LogP contribution in [0.15, 0.2) is 12.3 Å². The fourth-order valence-electron chi connectivity index (χ4n) is 2.57. The maximum atomic E-state index is 6.52. The Bertz CT molecular complexity index is 233. The minimum Gasteiger partial charge on any atom is -0.407 e. The molecule has 0 radical (unpaired) electrons. The van der Waals surface area contributed by atoms with E-state index in [1.165, 1.54) is 0 Å². The highest BCUT2D eigenvalue weighted by Crippen LogP contribution is 2.53. The van der Waals surface area contributed by atoms with Crippen molar-refractivity contribution in [1.82, 2.24) is 0 Å². The second kappa shape index (κ2) is 4.30. The Morgan fingerprint density at radius 2 is 1.12 bits per heavy atom. The third kappa shape index (κ3) is 3.20. The van der Waals surface area contributed by atoms with E-state index in [1.54, 1.807) is 0 Å². The summed E-state index contributed by atoms with van der Waals surface area (Å²) in [6, 6.07) is 0. The smallest absolute Gasteiger partial charge is 0.227 e. The van der Waals surface area contributed by atoms with Gasteiger partial charge in [-0.3, -0.25) is 0 Å². The molecule has 0 amide bonds. The van der Waals surface area contributed by atoms with Crippen LogP contribution in [0, 0.1) is 0 Å². The molecule has 0 rings (SSSR count). The average Bonchev–Trinajstić information content (AvgIpc) is 1.93. The first kappa shape index (κ1) is 15.9. The molecule has 0 spiro atoms. The fraction of sp³-hybridized carbons (Fsp3) is 0.857. The predicted octanol–water partition coefficient (Wildman–Crippen LogP) is 5.07. The lowest BCUT2D eigenvalue weighted by Gasteiger charge is -2.51. The molecule has 16 heavy (non-hydrogen) atoms. The Hall–Kier alpha value is -0.0831. The molecule has 0 atom stereocenters. The van der Waals surface area contributed by atoms with Crippen LogP contribution < -0.4 is 0 Å². The summed E-state index contributed by atoms with van der Waals surface area (Å²) in [5, 5.41) is 0.306. The van der Waals surface area contributed by atoms with E-state index in [4.69, 9.17) is 4.43 Å². The first-order chi connectivity index (χ1) is 6.77. The molecule has 0 aromatic carbocycles. The van der Waals surface area contributed by atoms with Crippen LogP contribution in [0.25, 0.3) is 0 Å². The molecule has 0 bridgehead atoms. The van der Waals surface area contributed by atoms with Crippen molar-refractivity contribution in [3.63, 3.8) is 0 Å². The van der Waals surface area contributed by atoms with Crippen LogP contribution in [0.3, 0.4) is 0 Å². The van der Waals surface area contributed by atoms with Gasteiger partial charge in [0.05, 0.1) is 0 Å². The van der Waals surface area contributed by atoms with E-state index in [9.17, 15) is 0 Å². The van der Waals surface area contributed by atoms with Crippen LogP contribution in [0.2, 0.25) is 10.1 Å². The minimum atomic E-state index is -2.04. The largest absolute Gasteiger partial charge is 0.407 e. The maximum absolute atomic E-state index is 6.52. The van der Waals surface area contributed by atoms with Gasteiger partial charge >= 0.3 is 0 Å². The van der Waals surface area contributed by atoms with Crippen LogP contribution in [0.4, 0.5) is 0 Å². The maximum Gasteiger partial charge on any atom is 0.227 e. The summed E-state index contributed by atoms with van der Waals surface area (Å²) in [7, 11) is -2.04. The number of rotatable bonds is 2. The van der Waals surface area contributed by atoms with Gasteiger partial charge < -0.3 is 4.43 Å². The quantitative estimate of drug-likeness (QED) is 0.614. The lowest BCUT2D eigenvalue weighted by Crippen LogP contribution is -2.56. The van der Waals surface area contributed by atoms with Crippen molar-refractivity contribution < 1.29 is 4.43 Å². The van der Waals surface area contributed by atoms with Gasteiger partial charge in [0.15, 0.2) is 0 Å². The molecule has 2 heteroatoms. The molecule has 0 heterocycles. The molecular weight excluding hydrogens is 212 g/mol. The predicted molar refractivity (Wildman–Crippen MR) is 76.2 cm³/mol. The summed E-state index contributed by atoms with van der Waals surface area (Å²) in [5.41, 5.74) is 2.01. The lowest BCUT2D eigenvalue weighted by molar-refractivity contribution is 0.103. The van der Waals surface area contributed by atoms with Crippen LogP contribution in [0.1, 0.15) is 62.3 Å². The van der Waals surface area contributed by atoms with Crippen molar-refractivity contribution in [2.45, 2.75) is 78.0 Å². The summed E-state index contributed by atoms with van der Waals surface area (Å²) in [4.78, 5) is 0. The Morgan fingerprint density at radius 1 is 0.812 bits per heavy atom. The van der Waals surface area contributed by atoms with E-state index < -0.39 is 8.32 Å². The molecule has 0 saturated carbocycles. The molecule has 0 N–H and O–H groups in total. The third-order valence-electron chi connectivity index (χ3n) is 2.98. The Morgan fingerprint density at radius 3 is 1.19 bits per heavy atom. The molecule has 0 aliphatic heterocycles. The van der Waals surface area contributed by atoms with Gasteiger partial charge in [-0.05, 0) is 30.8 Å². The highest BCUT2D eigenvalue weighted by molar-refractivity contribution is 6.84. The molecular formula is C14H30OSi.